The second-order valence-electron chi connectivity index (χ2n) is 4.82. The molecule has 19 heavy (non-hydrogen) atoms. The number of rotatable bonds is 10. The predicted molar refractivity (Wildman–Crippen MR) is 80.0 cm³/mol. The van der Waals surface area contributed by atoms with Gasteiger partial charge in [-0.25, -0.2) is 0 Å². The van der Waals surface area contributed by atoms with Gasteiger partial charge in [0, 0.05) is 12.1 Å². The van der Waals surface area contributed by atoms with E-state index < -0.39 is 0 Å². The molecule has 0 saturated carbocycles. The highest BCUT2D eigenvalue weighted by atomic mass is 16.3. The molecule has 1 aromatic heterocycles. The van der Waals surface area contributed by atoms with E-state index in [1.165, 1.54) is 18.5 Å². The van der Waals surface area contributed by atoms with Crippen LogP contribution in [0, 0.1) is 0 Å². The summed E-state index contributed by atoms with van der Waals surface area (Å²) in [4.78, 5) is 4.92. The van der Waals surface area contributed by atoms with Crippen molar-refractivity contribution in [2.24, 2.45) is 5.73 Å². The number of furan rings is 1. The fourth-order valence-corrected chi connectivity index (χ4v) is 2.33. The minimum absolute atomic E-state index is 0.485. The maximum atomic E-state index is 5.67. The first-order valence-corrected chi connectivity index (χ1v) is 7.45. The Morgan fingerprint density at radius 1 is 1.05 bits per heavy atom. The maximum absolute atomic E-state index is 5.67. The highest BCUT2D eigenvalue weighted by Gasteiger charge is 2.10. The topological polar surface area (TPSA) is 45.6 Å². The standard InChI is InChI=1S/C15H29N3O/c1-4-17(5-2)9-7-10-18(6-3)13-14-8-11-19-15(14)12-16/h8,11H,4-7,9-10,12-13,16H2,1-3H3. The number of nitrogens with zero attached hydrogens (tertiary/aromatic N) is 2. The van der Waals surface area contributed by atoms with E-state index in [2.05, 4.69) is 30.6 Å². The van der Waals surface area contributed by atoms with Gasteiger partial charge in [-0.05, 0) is 45.2 Å². The van der Waals surface area contributed by atoms with Crippen LogP contribution in [0.2, 0.25) is 0 Å². The molecular formula is C15H29N3O. The van der Waals surface area contributed by atoms with Gasteiger partial charge in [-0.15, -0.1) is 0 Å². The molecule has 4 nitrogen and oxygen atoms in total. The fourth-order valence-electron chi connectivity index (χ4n) is 2.33. The lowest BCUT2D eigenvalue weighted by Gasteiger charge is -2.23. The number of hydrogen-bond acceptors (Lipinski definition) is 4. The van der Waals surface area contributed by atoms with Crippen LogP contribution in [0.4, 0.5) is 0 Å². The first-order valence-electron chi connectivity index (χ1n) is 7.45. The van der Waals surface area contributed by atoms with E-state index in [1.54, 1.807) is 6.26 Å². The van der Waals surface area contributed by atoms with Gasteiger partial charge in [0.1, 0.15) is 5.76 Å². The molecular weight excluding hydrogens is 238 g/mol. The molecule has 0 fully saturated rings. The average Bonchev–Trinajstić information content (AvgIpc) is 2.89. The Balaban J connectivity index is 2.37. The molecule has 0 aromatic carbocycles. The van der Waals surface area contributed by atoms with E-state index in [9.17, 15) is 0 Å². The van der Waals surface area contributed by atoms with E-state index >= 15 is 0 Å². The largest absolute Gasteiger partial charge is 0.468 e. The third-order valence-corrected chi connectivity index (χ3v) is 3.71. The van der Waals surface area contributed by atoms with Crippen LogP contribution in [-0.4, -0.2) is 42.5 Å². The van der Waals surface area contributed by atoms with Gasteiger partial charge in [0.15, 0.2) is 0 Å². The highest BCUT2D eigenvalue weighted by Crippen LogP contribution is 2.12. The minimum atomic E-state index is 0.485. The van der Waals surface area contributed by atoms with Crippen LogP contribution in [0.1, 0.15) is 38.5 Å². The summed E-state index contributed by atoms with van der Waals surface area (Å²) in [7, 11) is 0. The molecule has 1 aromatic rings. The van der Waals surface area contributed by atoms with Crippen LogP contribution in [0.25, 0.3) is 0 Å². The van der Waals surface area contributed by atoms with E-state index in [4.69, 9.17) is 10.2 Å². The summed E-state index contributed by atoms with van der Waals surface area (Å²) >= 11 is 0. The Morgan fingerprint density at radius 2 is 1.68 bits per heavy atom. The molecule has 0 radical (unpaired) electrons. The zero-order chi connectivity index (χ0) is 14.1. The van der Waals surface area contributed by atoms with Gasteiger partial charge in [0.05, 0.1) is 12.8 Å². The lowest BCUT2D eigenvalue weighted by atomic mass is 10.2. The molecule has 0 spiro atoms. The van der Waals surface area contributed by atoms with Crippen molar-refractivity contribution in [1.82, 2.24) is 9.80 Å². The third-order valence-electron chi connectivity index (χ3n) is 3.71. The van der Waals surface area contributed by atoms with E-state index in [-0.39, 0.29) is 0 Å². The summed E-state index contributed by atoms with van der Waals surface area (Å²) in [5.74, 6) is 0.919. The number of hydrogen-bond donors (Lipinski definition) is 1. The Labute approximate surface area is 117 Å². The first-order chi connectivity index (χ1) is 9.24. The van der Waals surface area contributed by atoms with Gasteiger partial charge in [0.2, 0.25) is 0 Å². The zero-order valence-electron chi connectivity index (χ0n) is 12.7. The smallest absolute Gasteiger partial charge is 0.121 e. The molecule has 0 saturated heterocycles. The van der Waals surface area contributed by atoms with Crippen LogP contribution >= 0.6 is 0 Å². The first kappa shape index (κ1) is 16.2. The quantitative estimate of drug-likeness (QED) is 0.706. The van der Waals surface area contributed by atoms with E-state index in [1.807, 2.05) is 6.07 Å². The molecule has 4 heteroatoms. The summed E-state index contributed by atoms with van der Waals surface area (Å²) in [6, 6.07) is 2.04. The predicted octanol–water partition coefficient (Wildman–Crippen LogP) is 2.29. The number of nitrogens with two attached hydrogens (primary N) is 1. The molecule has 1 heterocycles. The van der Waals surface area contributed by atoms with Gasteiger partial charge < -0.3 is 15.1 Å². The van der Waals surface area contributed by atoms with Crippen molar-refractivity contribution in [3.8, 4) is 0 Å². The highest BCUT2D eigenvalue weighted by molar-refractivity contribution is 5.16. The lowest BCUT2D eigenvalue weighted by Crippen LogP contribution is -2.30. The molecule has 0 aliphatic carbocycles. The zero-order valence-corrected chi connectivity index (χ0v) is 12.7. The van der Waals surface area contributed by atoms with Crippen molar-refractivity contribution in [1.29, 1.82) is 0 Å². The summed E-state index contributed by atoms with van der Waals surface area (Å²) in [5.41, 5.74) is 6.90. The van der Waals surface area contributed by atoms with Gasteiger partial charge in [-0.2, -0.15) is 0 Å². The summed E-state index contributed by atoms with van der Waals surface area (Å²) in [6.07, 6.45) is 2.95. The minimum Gasteiger partial charge on any atom is -0.468 e. The lowest BCUT2D eigenvalue weighted by molar-refractivity contribution is 0.237. The van der Waals surface area contributed by atoms with Crippen LogP contribution in [0.5, 0.6) is 0 Å². The van der Waals surface area contributed by atoms with Crippen molar-refractivity contribution >= 4 is 0 Å². The molecule has 110 valence electrons. The van der Waals surface area contributed by atoms with Crippen LogP contribution in [0.15, 0.2) is 16.7 Å². The van der Waals surface area contributed by atoms with Gasteiger partial charge in [-0.1, -0.05) is 20.8 Å². The van der Waals surface area contributed by atoms with Gasteiger partial charge in [-0.3, -0.25) is 4.90 Å². The second-order valence-corrected chi connectivity index (χ2v) is 4.82. The van der Waals surface area contributed by atoms with Gasteiger partial charge >= 0.3 is 0 Å². The maximum Gasteiger partial charge on any atom is 0.121 e. The van der Waals surface area contributed by atoms with Gasteiger partial charge in [0.25, 0.3) is 0 Å². The summed E-state index contributed by atoms with van der Waals surface area (Å²) in [6.45, 7) is 13.7. The van der Waals surface area contributed by atoms with Crippen LogP contribution in [0.3, 0.4) is 0 Å². The Hall–Kier alpha value is -0.840. The Morgan fingerprint density at radius 3 is 2.26 bits per heavy atom. The molecule has 0 amide bonds. The second kappa shape index (κ2) is 9.13. The molecule has 2 N–H and O–H groups in total. The Kier molecular flexibility index (Phi) is 7.79. The molecule has 0 bridgehead atoms. The molecule has 0 unspecified atom stereocenters. The van der Waals surface area contributed by atoms with Crippen molar-refractivity contribution < 1.29 is 4.42 Å². The molecule has 1 rings (SSSR count). The third kappa shape index (κ3) is 5.35. The van der Waals surface area contributed by atoms with Crippen molar-refractivity contribution in [2.75, 3.05) is 32.7 Å². The molecule has 0 aliphatic rings. The van der Waals surface area contributed by atoms with Crippen molar-refractivity contribution in [3.63, 3.8) is 0 Å². The Bertz CT molecular complexity index is 334. The van der Waals surface area contributed by atoms with Crippen molar-refractivity contribution in [2.45, 2.75) is 40.3 Å². The monoisotopic (exact) mass is 267 g/mol. The van der Waals surface area contributed by atoms with E-state index in [0.29, 0.717) is 6.54 Å². The summed E-state index contributed by atoms with van der Waals surface area (Å²) < 4.78 is 5.38. The van der Waals surface area contributed by atoms with Crippen molar-refractivity contribution in [3.05, 3.63) is 23.7 Å². The van der Waals surface area contributed by atoms with E-state index in [0.717, 1.165) is 38.5 Å². The van der Waals surface area contributed by atoms with Crippen LogP contribution in [-0.2, 0) is 13.1 Å². The SMILES string of the molecule is CCN(CC)CCCN(CC)Cc1ccoc1CN. The fraction of sp³-hybridized carbons (Fsp3) is 0.733. The average molecular weight is 267 g/mol. The van der Waals surface area contributed by atoms with Crippen LogP contribution < -0.4 is 5.73 Å². The summed E-state index contributed by atoms with van der Waals surface area (Å²) in [5, 5.41) is 0. The normalized spacial score (nSPS) is 11.7. The molecule has 0 aliphatic heterocycles. The molecule has 0 atom stereocenters.